The second kappa shape index (κ2) is 9.09. The van der Waals surface area contributed by atoms with Crippen molar-refractivity contribution < 1.29 is 9.47 Å². The van der Waals surface area contributed by atoms with E-state index in [-0.39, 0.29) is 0 Å². The molecule has 0 saturated carbocycles. The van der Waals surface area contributed by atoms with Crippen molar-refractivity contribution in [2.24, 2.45) is 0 Å². The molecular formula is C25H19N5O2. The lowest BCUT2D eigenvalue weighted by Crippen LogP contribution is -1.98. The molecule has 0 spiro atoms. The van der Waals surface area contributed by atoms with Gasteiger partial charge in [0.25, 0.3) is 0 Å². The van der Waals surface area contributed by atoms with Gasteiger partial charge in [-0.05, 0) is 58.5 Å². The predicted molar refractivity (Wildman–Crippen MR) is 122 cm³/mol. The third kappa shape index (κ3) is 4.79. The fourth-order valence-electron chi connectivity index (χ4n) is 3.17. The van der Waals surface area contributed by atoms with E-state index >= 15 is 0 Å². The van der Waals surface area contributed by atoms with Gasteiger partial charge in [-0.2, -0.15) is 0 Å². The molecule has 32 heavy (non-hydrogen) atoms. The van der Waals surface area contributed by atoms with Crippen LogP contribution in [0.3, 0.4) is 0 Å². The number of hydrogen-bond donors (Lipinski definition) is 1. The van der Waals surface area contributed by atoms with Crippen molar-refractivity contribution in [2.45, 2.75) is 6.61 Å². The van der Waals surface area contributed by atoms with Crippen LogP contribution >= 0.6 is 0 Å². The molecule has 3 aromatic carbocycles. The summed E-state index contributed by atoms with van der Waals surface area (Å²) in [5, 5.41) is 14.7. The molecule has 0 atom stereocenters. The quantitative estimate of drug-likeness (QED) is 0.384. The highest BCUT2D eigenvalue weighted by Gasteiger charge is 2.03. The zero-order chi connectivity index (χ0) is 21.6. The number of pyridine rings is 1. The summed E-state index contributed by atoms with van der Waals surface area (Å²) in [6.45, 7) is 0.385. The van der Waals surface area contributed by atoms with Gasteiger partial charge in [0.1, 0.15) is 23.9 Å². The van der Waals surface area contributed by atoms with Crippen molar-refractivity contribution in [3.05, 3.63) is 102 Å². The minimum absolute atomic E-state index is 0.385. The lowest BCUT2D eigenvalue weighted by atomic mass is 10.2. The Morgan fingerprint density at radius 1 is 0.781 bits per heavy atom. The predicted octanol–water partition coefficient (Wildman–Crippen LogP) is 5.29. The molecule has 7 heteroatoms. The lowest BCUT2D eigenvalue weighted by molar-refractivity contribution is 0.300. The molecule has 0 aliphatic rings. The molecule has 2 aromatic heterocycles. The number of hydrogen-bond acceptors (Lipinski definition) is 6. The molecule has 0 saturated heterocycles. The number of H-pyrrole nitrogens is 1. The molecule has 0 bridgehead atoms. The van der Waals surface area contributed by atoms with Gasteiger partial charge in [-0.1, -0.05) is 48.5 Å². The summed E-state index contributed by atoms with van der Waals surface area (Å²) in [7, 11) is 0. The standard InChI is InChI=1S/C25H19N5O2/c1-2-7-24-19(4-1)11-12-20(26-24)17-31-22-5-3-6-23(16-22)32-21-13-8-18(9-14-21)10-15-25-27-29-30-28-25/h1-16H,17H2,(H,27,28,29,30)/b15-10+. The summed E-state index contributed by atoms with van der Waals surface area (Å²) in [5.41, 5.74) is 2.84. The van der Waals surface area contributed by atoms with Gasteiger partial charge >= 0.3 is 0 Å². The summed E-state index contributed by atoms with van der Waals surface area (Å²) >= 11 is 0. The Labute approximate surface area is 184 Å². The molecule has 0 aliphatic heterocycles. The van der Waals surface area contributed by atoms with Crippen LogP contribution in [0.25, 0.3) is 23.1 Å². The van der Waals surface area contributed by atoms with E-state index in [2.05, 4.69) is 31.7 Å². The van der Waals surface area contributed by atoms with Crippen LogP contribution in [-0.2, 0) is 6.61 Å². The van der Waals surface area contributed by atoms with Crippen molar-refractivity contribution in [1.29, 1.82) is 0 Å². The highest BCUT2D eigenvalue weighted by atomic mass is 16.5. The van der Waals surface area contributed by atoms with Crippen molar-refractivity contribution in [1.82, 2.24) is 25.6 Å². The highest BCUT2D eigenvalue weighted by Crippen LogP contribution is 2.26. The monoisotopic (exact) mass is 421 g/mol. The van der Waals surface area contributed by atoms with E-state index in [9.17, 15) is 0 Å². The molecule has 1 N–H and O–H groups in total. The summed E-state index contributed by atoms with van der Waals surface area (Å²) in [6.07, 6.45) is 3.72. The molecule has 156 valence electrons. The highest BCUT2D eigenvalue weighted by molar-refractivity contribution is 5.78. The molecule has 5 rings (SSSR count). The van der Waals surface area contributed by atoms with Gasteiger partial charge in [0.15, 0.2) is 5.82 Å². The van der Waals surface area contributed by atoms with Crippen LogP contribution in [0.2, 0.25) is 0 Å². The van der Waals surface area contributed by atoms with Crippen molar-refractivity contribution in [2.75, 3.05) is 0 Å². The minimum atomic E-state index is 0.385. The van der Waals surface area contributed by atoms with E-state index in [1.54, 1.807) is 6.08 Å². The van der Waals surface area contributed by atoms with Crippen LogP contribution in [0.5, 0.6) is 17.2 Å². The first-order valence-corrected chi connectivity index (χ1v) is 10.1. The van der Waals surface area contributed by atoms with Gasteiger partial charge in [-0.25, -0.2) is 10.1 Å². The van der Waals surface area contributed by atoms with E-state index in [0.717, 1.165) is 33.7 Å². The molecule has 0 unspecified atom stereocenters. The van der Waals surface area contributed by atoms with E-state index in [1.807, 2.05) is 84.9 Å². The van der Waals surface area contributed by atoms with Crippen molar-refractivity contribution in [3.63, 3.8) is 0 Å². The number of nitrogens with one attached hydrogen (secondary N) is 1. The number of aromatic nitrogens is 5. The Balaban J connectivity index is 1.21. The van der Waals surface area contributed by atoms with E-state index < -0.39 is 0 Å². The number of benzene rings is 3. The minimum Gasteiger partial charge on any atom is -0.487 e. The fourth-order valence-corrected chi connectivity index (χ4v) is 3.17. The zero-order valence-electron chi connectivity index (χ0n) is 17.1. The summed E-state index contributed by atoms with van der Waals surface area (Å²) < 4.78 is 11.9. The number of tetrazole rings is 1. The van der Waals surface area contributed by atoms with E-state index in [4.69, 9.17) is 9.47 Å². The van der Waals surface area contributed by atoms with Crippen LogP contribution in [0.4, 0.5) is 0 Å². The number of rotatable bonds is 7. The molecule has 7 nitrogen and oxygen atoms in total. The van der Waals surface area contributed by atoms with Crippen LogP contribution in [0.15, 0.2) is 84.9 Å². The Morgan fingerprint density at radius 2 is 1.66 bits per heavy atom. The SMILES string of the molecule is C(=C\c1nnn[nH]1)/c1ccc(Oc2cccc(OCc3ccc4ccccc4n3)c2)cc1. The maximum Gasteiger partial charge on any atom is 0.172 e. The molecule has 0 radical (unpaired) electrons. The van der Waals surface area contributed by atoms with Crippen molar-refractivity contribution in [3.8, 4) is 17.2 Å². The number of ether oxygens (including phenoxy) is 2. The molecule has 0 aliphatic carbocycles. The third-order valence-corrected chi connectivity index (χ3v) is 4.76. The van der Waals surface area contributed by atoms with Crippen LogP contribution in [0.1, 0.15) is 17.1 Å². The number of aromatic amines is 1. The Morgan fingerprint density at radius 3 is 2.53 bits per heavy atom. The summed E-state index contributed by atoms with van der Waals surface area (Å²) in [4.78, 5) is 4.65. The molecule has 0 amide bonds. The average molecular weight is 421 g/mol. The topological polar surface area (TPSA) is 85.8 Å². The molecular weight excluding hydrogens is 402 g/mol. The van der Waals surface area contributed by atoms with Crippen LogP contribution in [-0.4, -0.2) is 25.6 Å². The van der Waals surface area contributed by atoms with Gasteiger partial charge in [-0.3, -0.25) is 0 Å². The maximum atomic E-state index is 5.98. The van der Waals surface area contributed by atoms with E-state index in [0.29, 0.717) is 18.2 Å². The average Bonchev–Trinajstić information content (AvgIpc) is 3.36. The summed E-state index contributed by atoms with van der Waals surface area (Å²) in [5.74, 6) is 2.75. The van der Waals surface area contributed by atoms with Crippen LogP contribution < -0.4 is 9.47 Å². The Hall–Kier alpha value is -4.52. The molecule has 2 heterocycles. The van der Waals surface area contributed by atoms with Crippen LogP contribution in [0, 0.1) is 0 Å². The fraction of sp³-hybridized carbons (Fsp3) is 0.0400. The number of nitrogens with zero attached hydrogens (tertiary/aromatic N) is 4. The van der Waals surface area contributed by atoms with Crippen molar-refractivity contribution >= 4 is 23.1 Å². The third-order valence-electron chi connectivity index (χ3n) is 4.76. The first-order chi connectivity index (χ1) is 15.8. The van der Waals surface area contributed by atoms with Gasteiger partial charge in [0.05, 0.1) is 11.2 Å². The number of para-hydroxylation sites is 1. The summed E-state index contributed by atoms with van der Waals surface area (Å²) in [6, 6.07) is 27.4. The molecule has 0 fully saturated rings. The van der Waals surface area contributed by atoms with Gasteiger partial charge in [0.2, 0.25) is 0 Å². The smallest absolute Gasteiger partial charge is 0.172 e. The largest absolute Gasteiger partial charge is 0.487 e. The van der Waals surface area contributed by atoms with E-state index in [1.165, 1.54) is 0 Å². The number of fused-ring (bicyclic) bond motifs is 1. The normalized spacial score (nSPS) is 11.1. The first kappa shape index (κ1) is 19.4. The van der Waals surface area contributed by atoms with Gasteiger partial charge < -0.3 is 9.47 Å². The molecule has 5 aromatic rings. The second-order valence-corrected chi connectivity index (χ2v) is 7.05. The van der Waals surface area contributed by atoms with Gasteiger partial charge in [0, 0.05) is 11.5 Å². The van der Waals surface area contributed by atoms with Gasteiger partial charge in [-0.15, -0.1) is 5.10 Å². The first-order valence-electron chi connectivity index (χ1n) is 10.1. The maximum absolute atomic E-state index is 5.98. The Bertz CT molecular complexity index is 1350. The lowest BCUT2D eigenvalue weighted by Gasteiger charge is -2.10. The Kier molecular flexibility index (Phi) is 5.53. The zero-order valence-corrected chi connectivity index (χ0v) is 17.1. The second-order valence-electron chi connectivity index (χ2n) is 7.05.